The van der Waals surface area contributed by atoms with Gasteiger partial charge in [-0.3, -0.25) is 14.7 Å². The average Bonchev–Trinajstić information content (AvgIpc) is 3.12. The molecule has 0 aliphatic heterocycles. The maximum Gasteiger partial charge on any atom is 0.573 e. The van der Waals surface area contributed by atoms with Crippen molar-refractivity contribution < 1.29 is 36.3 Å². The summed E-state index contributed by atoms with van der Waals surface area (Å²) in [5.41, 5.74) is 3.41. The topological polar surface area (TPSA) is 111 Å². The third kappa shape index (κ3) is 5.02. The van der Waals surface area contributed by atoms with Gasteiger partial charge < -0.3 is 4.74 Å². The number of halogens is 3. The summed E-state index contributed by atoms with van der Waals surface area (Å²) in [4.78, 5) is 11.9. The molecule has 1 aromatic heterocycles. The number of carbonyl (C=O) groups is 1. The number of nitrogens with one attached hydrogen (secondary N) is 1. The van der Waals surface area contributed by atoms with Gasteiger partial charge in [-0.15, -0.1) is 13.2 Å². The molecule has 0 saturated heterocycles. The molecule has 0 fully saturated rings. The van der Waals surface area contributed by atoms with E-state index in [4.69, 9.17) is 5.21 Å². The molecule has 0 bridgehead atoms. The number of ether oxygens (including phenoxy) is 1. The molecule has 12 heteroatoms. The van der Waals surface area contributed by atoms with E-state index in [1.807, 2.05) is 0 Å². The van der Waals surface area contributed by atoms with Crippen molar-refractivity contribution in [1.29, 1.82) is 0 Å². The van der Waals surface area contributed by atoms with E-state index in [2.05, 4.69) is 9.84 Å². The first-order chi connectivity index (χ1) is 14.8. The lowest BCUT2D eigenvalue weighted by molar-refractivity contribution is -0.274. The molecule has 1 atom stereocenters. The largest absolute Gasteiger partial charge is 0.573 e. The van der Waals surface area contributed by atoms with Gasteiger partial charge in [0.1, 0.15) is 5.75 Å². The fourth-order valence-electron chi connectivity index (χ4n) is 3.13. The third-order valence-electron chi connectivity index (χ3n) is 5.19. The summed E-state index contributed by atoms with van der Waals surface area (Å²) in [7, 11) is -3.83. The molecule has 2 aromatic carbocycles. The number of sulfone groups is 1. The number of amides is 1. The molecule has 0 aliphatic carbocycles. The van der Waals surface area contributed by atoms with Gasteiger partial charge in [-0.2, -0.15) is 5.10 Å². The highest BCUT2D eigenvalue weighted by molar-refractivity contribution is 7.92. The minimum atomic E-state index is -4.76. The van der Waals surface area contributed by atoms with Gasteiger partial charge in [0.05, 0.1) is 5.52 Å². The molecule has 1 unspecified atom stereocenters. The van der Waals surface area contributed by atoms with Gasteiger partial charge in [-0.25, -0.2) is 13.9 Å². The summed E-state index contributed by atoms with van der Waals surface area (Å²) in [6, 6.07) is 10.7. The van der Waals surface area contributed by atoms with E-state index in [0.29, 0.717) is 16.5 Å². The van der Waals surface area contributed by atoms with Gasteiger partial charge in [-0.05, 0) is 48.7 Å². The van der Waals surface area contributed by atoms with Crippen LogP contribution in [0.15, 0.2) is 48.7 Å². The highest BCUT2D eigenvalue weighted by Crippen LogP contribution is 2.29. The van der Waals surface area contributed by atoms with E-state index >= 15 is 0 Å². The maximum atomic E-state index is 12.3. The summed E-state index contributed by atoms with van der Waals surface area (Å²) < 4.78 is 64.6. The number of alkyl halides is 3. The van der Waals surface area contributed by atoms with Crippen molar-refractivity contribution in [3.63, 3.8) is 0 Å². The van der Waals surface area contributed by atoms with E-state index in [1.54, 1.807) is 24.4 Å². The van der Waals surface area contributed by atoms with Crippen molar-refractivity contribution in [2.75, 3.05) is 6.26 Å². The first-order valence-electron chi connectivity index (χ1n) is 9.30. The van der Waals surface area contributed by atoms with E-state index < -0.39 is 26.9 Å². The first kappa shape index (κ1) is 23.5. The highest BCUT2D eigenvalue weighted by Gasteiger charge is 2.43. The summed E-state index contributed by atoms with van der Waals surface area (Å²) in [5.74, 6) is -1.35. The second-order valence-electron chi connectivity index (χ2n) is 7.43. The molecule has 0 aliphatic rings. The lowest BCUT2D eigenvalue weighted by Gasteiger charge is -2.24. The zero-order valence-electron chi connectivity index (χ0n) is 17.0. The Bertz CT molecular complexity index is 1240. The van der Waals surface area contributed by atoms with Gasteiger partial charge in [0.15, 0.2) is 14.6 Å². The Balaban J connectivity index is 1.81. The number of hydrogen-bond donors (Lipinski definition) is 2. The Morgan fingerprint density at radius 3 is 2.34 bits per heavy atom. The zero-order valence-corrected chi connectivity index (χ0v) is 17.9. The molecule has 3 aromatic rings. The van der Waals surface area contributed by atoms with Crippen molar-refractivity contribution in [1.82, 2.24) is 15.3 Å². The number of hydroxylamine groups is 1. The first-order valence-corrected chi connectivity index (χ1v) is 11.2. The Kier molecular flexibility index (Phi) is 6.20. The van der Waals surface area contributed by atoms with Crippen LogP contribution in [-0.4, -0.2) is 46.7 Å². The van der Waals surface area contributed by atoms with Crippen LogP contribution in [0.3, 0.4) is 0 Å². The van der Waals surface area contributed by atoms with Gasteiger partial charge in [0, 0.05) is 24.4 Å². The fraction of sp³-hybridized carbons (Fsp3) is 0.300. The normalized spacial score (nSPS) is 14.2. The SMILES string of the molecule is CC(CCn1cc2cc(-c3ccc(OC(F)(F)F)cc3)ccc2n1)(C(=O)NO)S(C)(=O)=O. The summed E-state index contributed by atoms with van der Waals surface area (Å²) >= 11 is 0. The molecule has 2 N–H and O–H groups in total. The van der Waals surface area contributed by atoms with E-state index in [9.17, 15) is 26.4 Å². The maximum absolute atomic E-state index is 12.3. The summed E-state index contributed by atoms with van der Waals surface area (Å²) in [5, 5.41) is 14.0. The molecule has 0 saturated carbocycles. The molecule has 0 spiro atoms. The van der Waals surface area contributed by atoms with Crippen molar-refractivity contribution in [3.05, 3.63) is 48.7 Å². The van der Waals surface area contributed by atoms with Gasteiger partial charge >= 0.3 is 6.36 Å². The molecule has 172 valence electrons. The van der Waals surface area contributed by atoms with Crippen LogP contribution in [0.4, 0.5) is 13.2 Å². The van der Waals surface area contributed by atoms with Crippen LogP contribution >= 0.6 is 0 Å². The fourth-order valence-corrected chi connectivity index (χ4v) is 3.98. The molecule has 1 heterocycles. The Morgan fingerprint density at radius 2 is 1.78 bits per heavy atom. The van der Waals surface area contributed by atoms with Crippen LogP contribution in [0, 0.1) is 0 Å². The van der Waals surface area contributed by atoms with Crippen LogP contribution < -0.4 is 10.2 Å². The van der Waals surface area contributed by atoms with E-state index in [0.717, 1.165) is 11.8 Å². The molecule has 0 radical (unpaired) electrons. The number of aryl methyl sites for hydroxylation is 1. The highest BCUT2D eigenvalue weighted by atomic mass is 32.2. The molecule has 8 nitrogen and oxygen atoms in total. The monoisotopic (exact) mass is 471 g/mol. The molecule has 3 rings (SSSR count). The Labute approximate surface area is 181 Å². The number of carbonyl (C=O) groups excluding carboxylic acids is 1. The van der Waals surface area contributed by atoms with Crippen LogP contribution in [0.1, 0.15) is 13.3 Å². The van der Waals surface area contributed by atoms with E-state index in [-0.39, 0.29) is 18.7 Å². The molecular weight excluding hydrogens is 451 g/mol. The lowest BCUT2D eigenvalue weighted by Crippen LogP contribution is -2.49. The lowest BCUT2D eigenvalue weighted by atomic mass is 10.0. The standard InChI is InChI=1S/C20H20F3N3O5S/c1-19(18(27)25-28,32(2,29)30)9-10-26-12-15-11-14(5-8-17(15)24-26)13-3-6-16(7-4-13)31-20(21,22)23/h3-8,11-12,28H,9-10H2,1-2H3,(H,25,27). The predicted octanol–water partition coefficient (Wildman–Crippen LogP) is 3.30. The number of nitrogens with zero attached hydrogens (tertiary/aromatic N) is 2. The zero-order chi connectivity index (χ0) is 23.7. The summed E-state index contributed by atoms with van der Waals surface area (Å²) in [6.07, 6.45) is -2.31. The van der Waals surface area contributed by atoms with Crippen molar-refractivity contribution in [2.45, 2.75) is 31.0 Å². The molecule has 1 amide bonds. The smallest absolute Gasteiger partial charge is 0.406 e. The van der Waals surface area contributed by atoms with Gasteiger partial charge in [0.2, 0.25) is 0 Å². The number of aromatic nitrogens is 2. The minimum Gasteiger partial charge on any atom is -0.406 e. The minimum absolute atomic E-state index is 0.0878. The number of fused-ring (bicyclic) bond motifs is 1. The average molecular weight is 471 g/mol. The Morgan fingerprint density at radius 1 is 1.16 bits per heavy atom. The molecular formula is C20H20F3N3O5S. The number of hydrogen-bond acceptors (Lipinski definition) is 6. The van der Waals surface area contributed by atoms with Crippen LogP contribution in [-0.2, 0) is 21.2 Å². The van der Waals surface area contributed by atoms with Gasteiger partial charge in [-0.1, -0.05) is 18.2 Å². The second-order valence-corrected chi connectivity index (χ2v) is 9.88. The third-order valence-corrected chi connectivity index (χ3v) is 7.22. The van der Waals surface area contributed by atoms with Crippen molar-refractivity contribution in [2.24, 2.45) is 0 Å². The Hall–Kier alpha value is -3.12. The van der Waals surface area contributed by atoms with E-state index in [1.165, 1.54) is 41.4 Å². The van der Waals surface area contributed by atoms with Crippen LogP contribution in [0.2, 0.25) is 0 Å². The number of rotatable bonds is 7. The van der Waals surface area contributed by atoms with Crippen molar-refractivity contribution in [3.8, 4) is 16.9 Å². The van der Waals surface area contributed by atoms with Gasteiger partial charge in [0.25, 0.3) is 5.91 Å². The number of benzene rings is 2. The quantitative estimate of drug-likeness (QED) is 0.404. The van der Waals surface area contributed by atoms with Crippen molar-refractivity contribution >= 4 is 26.6 Å². The second kappa shape index (κ2) is 8.43. The van der Waals surface area contributed by atoms with Crippen LogP contribution in [0.5, 0.6) is 5.75 Å². The van der Waals surface area contributed by atoms with Crippen LogP contribution in [0.25, 0.3) is 22.0 Å². The predicted molar refractivity (Wildman–Crippen MR) is 110 cm³/mol. The molecule has 32 heavy (non-hydrogen) atoms. The summed E-state index contributed by atoms with van der Waals surface area (Å²) in [6.45, 7) is 1.31.